The van der Waals surface area contributed by atoms with E-state index in [1.54, 1.807) is 0 Å². The van der Waals surface area contributed by atoms with Gasteiger partial charge in [0.2, 0.25) is 0 Å². The lowest BCUT2D eigenvalue weighted by Gasteiger charge is -2.12. The summed E-state index contributed by atoms with van der Waals surface area (Å²) in [6, 6.07) is 55.7. The Morgan fingerprint density at radius 2 is 1.00 bits per heavy atom. The Morgan fingerprint density at radius 1 is 0.352 bits per heavy atom. The molecule has 4 heterocycles. The first-order valence-corrected chi connectivity index (χ1v) is 17.9. The second-order valence-corrected chi connectivity index (χ2v) is 13.4. The van der Waals surface area contributed by atoms with Crippen molar-refractivity contribution < 1.29 is 8.83 Å². The summed E-state index contributed by atoms with van der Waals surface area (Å²) in [4.78, 5) is 20.1. The summed E-state index contributed by atoms with van der Waals surface area (Å²) in [6.45, 7) is 0. The molecule has 0 aliphatic rings. The lowest BCUT2D eigenvalue weighted by atomic mass is 9.97. The molecule has 0 atom stereocenters. The summed E-state index contributed by atoms with van der Waals surface area (Å²) in [7, 11) is 0. The number of hydrogen-bond acceptors (Lipinski definition) is 6. The molecule has 54 heavy (non-hydrogen) atoms. The molecular weight excluding hydrogens is 665 g/mol. The molecule has 0 N–H and O–H groups in total. The molecule has 0 radical (unpaired) electrons. The summed E-state index contributed by atoms with van der Waals surface area (Å²) in [5.41, 5.74) is 11.1. The summed E-state index contributed by atoms with van der Waals surface area (Å²) in [6.07, 6.45) is 1.82. The zero-order valence-electron chi connectivity index (χ0n) is 28.8. The molecule has 0 spiro atoms. The molecule has 6 nitrogen and oxygen atoms in total. The molecule has 0 aliphatic heterocycles. The van der Waals surface area contributed by atoms with Crippen molar-refractivity contribution in [3.63, 3.8) is 0 Å². The maximum Gasteiger partial charge on any atom is 0.164 e. The fourth-order valence-corrected chi connectivity index (χ4v) is 7.63. The summed E-state index contributed by atoms with van der Waals surface area (Å²) >= 11 is 0. The number of nitrogens with zero attached hydrogens (tertiary/aromatic N) is 4. The van der Waals surface area contributed by atoms with Gasteiger partial charge in [-0.2, -0.15) is 0 Å². The first kappa shape index (κ1) is 30.2. The molecule has 11 rings (SSSR count). The summed E-state index contributed by atoms with van der Waals surface area (Å²) < 4.78 is 12.7. The quantitative estimate of drug-likeness (QED) is 0.179. The van der Waals surface area contributed by atoms with Crippen LogP contribution in [0.2, 0.25) is 0 Å². The zero-order chi connectivity index (χ0) is 35.6. The lowest BCUT2D eigenvalue weighted by molar-refractivity contribution is 0.669. The Bertz CT molecular complexity index is 3240. The molecule has 6 heteroatoms. The minimum Gasteiger partial charge on any atom is -0.456 e. The maximum atomic E-state index is 6.40. The van der Waals surface area contributed by atoms with Crippen molar-refractivity contribution in [3.8, 4) is 56.4 Å². The number of rotatable bonds is 5. The SMILES string of the molecule is c1ccc(-c2ccccc2-c2nc(-c3cccc(-c4cccc5oc6cc7cccnc7cc6c45)c3)nc(-c3ccc4c(c3)oc3ccccc34)n2)cc1. The van der Waals surface area contributed by atoms with Crippen LogP contribution in [-0.2, 0) is 0 Å². The number of benzene rings is 7. The van der Waals surface area contributed by atoms with Crippen LogP contribution in [0.5, 0.6) is 0 Å². The van der Waals surface area contributed by atoms with Crippen molar-refractivity contribution >= 4 is 54.8 Å². The van der Waals surface area contributed by atoms with E-state index in [0.29, 0.717) is 17.5 Å². The van der Waals surface area contributed by atoms with E-state index in [9.17, 15) is 0 Å². The zero-order valence-corrected chi connectivity index (χ0v) is 28.8. The van der Waals surface area contributed by atoms with Crippen molar-refractivity contribution in [2.24, 2.45) is 0 Å². The number of hydrogen-bond donors (Lipinski definition) is 0. The van der Waals surface area contributed by atoms with Crippen LogP contribution >= 0.6 is 0 Å². The molecule has 0 bridgehead atoms. The molecule has 252 valence electrons. The van der Waals surface area contributed by atoms with Gasteiger partial charge < -0.3 is 8.83 Å². The molecule has 0 saturated carbocycles. The van der Waals surface area contributed by atoms with E-state index in [1.165, 1.54) is 0 Å². The fourth-order valence-electron chi connectivity index (χ4n) is 7.63. The number of aromatic nitrogens is 4. The normalized spacial score (nSPS) is 11.7. The number of furan rings is 2. The first-order chi connectivity index (χ1) is 26.7. The smallest absolute Gasteiger partial charge is 0.164 e. The van der Waals surface area contributed by atoms with Gasteiger partial charge in [0.25, 0.3) is 0 Å². The van der Waals surface area contributed by atoms with E-state index in [2.05, 4.69) is 96.0 Å². The summed E-state index contributed by atoms with van der Waals surface area (Å²) in [5, 5.41) is 5.25. The van der Waals surface area contributed by atoms with Gasteiger partial charge in [0.05, 0.1) is 5.52 Å². The van der Waals surface area contributed by atoms with Crippen LogP contribution in [0.4, 0.5) is 0 Å². The van der Waals surface area contributed by atoms with Gasteiger partial charge in [-0.15, -0.1) is 0 Å². The third-order valence-corrected chi connectivity index (χ3v) is 10.2. The maximum absolute atomic E-state index is 6.40. The van der Waals surface area contributed by atoms with E-state index in [1.807, 2.05) is 79.0 Å². The molecule has 11 aromatic rings. The van der Waals surface area contributed by atoms with Gasteiger partial charge in [-0.1, -0.05) is 115 Å². The molecule has 4 aromatic heterocycles. The van der Waals surface area contributed by atoms with Crippen LogP contribution in [0.15, 0.2) is 179 Å². The van der Waals surface area contributed by atoms with Crippen LogP contribution in [0.1, 0.15) is 0 Å². The van der Waals surface area contributed by atoms with Crippen LogP contribution in [-0.4, -0.2) is 19.9 Å². The van der Waals surface area contributed by atoms with Crippen molar-refractivity contribution in [3.05, 3.63) is 170 Å². The number of pyridine rings is 1. The predicted octanol–water partition coefficient (Wildman–Crippen LogP) is 12.6. The van der Waals surface area contributed by atoms with Crippen LogP contribution in [0.3, 0.4) is 0 Å². The molecule has 0 amide bonds. The van der Waals surface area contributed by atoms with Crippen molar-refractivity contribution in [1.82, 2.24) is 19.9 Å². The van der Waals surface area contributed by atoms with Crippen LogP contribution < -0.4 is 0 Å². The minimum atomic E-state index is 0.563. The first-order valence-electron chi connectivity index (χ1n) is 17.9. The third kappa shape index (κ3) is 4.96. The minimum absolute atomic E-state index is 0.563. The van der Waals surface area contributed by atoms with E-state index in [4.69, 9.17) is 23.8 Å². The molecule has 0 unspecified atom stereocenters. The highest BCUT2D eigenvalue weighted by Gasteiger charge is 2.19. The highest BCUT2D eigenvalue weighted by molar-refractivity contribution is 6.15. The second kappa shape index (κ2) is 12.1. The third-order valence-electron chi connectivity index (χ3n) is 10.2. The second-order valence-electron chi connectivity index (χ2n) is 13.4. The van der Waals surface area contributed by atoms with Gasteiger partial charge in [-0.3, -0.25) is 4.98 Å². The summed E-state index contributed by atoms with van der Waals surface area (Å²) in [5.74, 6) is 1.73. The van der Waals surface area contributed by atoms with Crippen LogP contribution in [0, 0.1) is 0 Å². The van der Waals surface area contributed by atoms with Gasteiger partial charge in [0.1, 0.15) is 22.3 Å². The highest BCUT2D eigenvalue weighted by atomic mass is 16.3. The monoisotopic (exact) mass is 692 g/mol. The van der Waals surface area contributed by atoms with Gasteiger partial charge in [-0.25, -0.2) is 15.0 Å². The Morgan fingerprint density at radius 3 is 1.91 bits per heavy atom. The number of fused-ring (bicyclic) bond motifs is 7. The van der Waals surface area contributed by atoms with Gasteiger partial charge in [0.15, 0.2) is 17.5 Å². The van der Waals surface area contributed by atoms with Gasteiger partial charge in [0, 0.05) is 49.8 Å². The van der Waals surface area contributed by atoms with E-state index in [-0.39, 0.29) is 0 Å². The van der Waals surface area contributed by atoms with Gasteiger partial charge in [-0.05, 0) is 70.8 Å². The largest absolute Gasteiger partial charge is 0.456 e. The standard InChI is InChI=1S/C48H28N4O2/c1-2-11-29(12-3-1)34-16-4-5-18-38(34)48-51-46(50-47(52-48)33-22-23-37-36-17-6-7-20-41(36)53-43(37)27-33)32-14-8-13-30(25-32)35-19-9-21-42-45(35)39-28-40-31(15-10-24-49-40)26-44(39)54-42/h1-28H. The van der Waals surface area contributed by atoms with Crippen molar-refractivity contribution in [2.45, 2.75) is 0 Å². The van der Waals surface area contributed by atoms with Crippen molar-refractivity contribution in [2.75, 3.05) is 0 Å². The van der Waals surface area contributed by atoms with E-state index >= 15 is 0 Å². The number of para-hydroxylation sites is 1. The Labute approximate surface area is 309 Å². The fraction of sp³-hybridized carbons (Fsp3) is 0. The molecule has 0 aliphatic carbocycles. The average Bonchev–Trinajstić information content (AvgIpc) is 3.80. The van der Waals surface area contributed by atoms with E-state index < -0.39 is 0 Å². The van der Waals surface area contributed by atoms with Gasteiger partial charge >= 0.3 is 0 Å². The molecule has 0 fully saturated rings. The van der Waals surface area contributed by atoms with E-state index in [0.717, 1.165) is 93.7 Å². The topological polar surface area (TPSA) is 77.8 Å². The Hall–Kier alpha value is -7.44. The molecular formula is C48H28N4O2. The average molecular weight is 693 g/mol. The van der Waals surface area contributed by atoms with Crippen molar-refractivity contribution in [1.29, 1.82) is 0 Å². The lowest BCUT2D eigenvalue weighted by Crippen LogP contribution is -2.01. The Kier molecular flexibility index (Phi) is 6.75. The predicted molar refractivity (Wildman–Crippen MR) is 217 cm³/mol. The highest BCUT2D eigenvalue weighted by Crippen LogP contribution is 2.40. The Balaban J connectivity index is 1.11. The molecule has 7 aromatic carbocycles. The molecule has 0 saturated heterocycles. The van der Waals surface area contributed by atoms with Crippen LogP contribution in [0.25, 0.3) is 111 Å².